The lowest BCUT2D eigenvalue weighted by molar-refractivity contribution is -0.162. The molecule has 0 N–H and O–H groups in total. The first-order valence-corrected chi connectivity index (χ1v) is 12.6. The summed E-state index contributed by atoms with van der Waals surface area (Å²) in [6.45, 7) is 14.5. The molecule has 1 atom stereocenters. The highest BCUT2D eigenvalue weighted by atomic mass is 32.1. The molecule has 1 unspecified atom stereocenters. The molecule has 2 aromatic rings. The smallest absolute Gasteiger partial charge is 0.311 e. The Bertz CT molecular complexity index is 1210. The SMILES string of the molecule is [C-]#[N+]/C(C#N)=C\c1ccc(/C=C/c2ccc(OCCOC(=O)C(C)(C)CC(C)(CC)C(=O)OC)cc2)s1. The number of esters is 2. The number of hydrogen-bond acceptors (Lipinski definition) is 7. The van der Waals surface area contributed by atoms with Crippen molar-refractivity contribution in [1.82, 2.24) is 0 Å². The molecule has 0 saturated carbocycles. The van der Waals surface area contributed by atoms with Crippen LogP contribution in [0.5, 0.6) is 5.75 Å². The molecule has 0 amide bonds. The largest absolute Gasteiger partial charge is 0.490 e. The highest BCUT2D eigenvalue weighted by Gasteiger charge is 2.42. The maximum Gasteiger partial charge on any atom is 0.311 e. The van der Waals surface area contributed by atoms with Gasteiger partial charge in [0.2, 0.25) is 0 Å². The fraction of sp³-hybridized carbons (Fsp3) is 0.379. The van der Waals surface area contributed by atoms with Crippen LogP contribution in [0.15, 0.2) is 42.1 Å². The first-order chi connectivity index (χ1) is 17.6. The van der Waals surface area contributed by atoms with Crippen molar-refractivity contribution in [2.45, 2.75) is 40.5 Å². The molecule has 1 aromatic heterocycles. The van der Waals surface area contributed by atoms with Gasteiger partial charge in [-0.1, -0.05) is 25.1 Å². The maximum absolute atomic E-state index is 12.6. The van der Waals surface area contributed by atoms with E-state index in [9.17, 15) is 9.59 Å². The number of nitrogens with zero attached hydrogens (tertiary/aromatic N) is 2. The standard InChI is InChI=1S/C29H32N2O5S/c1-7-29(4,27(33)34-6)20-28(2,3)26(32)36-17-16-35-23-11-8-21(9-12-23)10-13-24-14-15-25(37-24)18-22(19-30)31-5/h8-15,18H,7,16-17,20H2,1-4,6H3/b13-10+,22-18-. The Morgan fingerprint density at radius 1 is 1.05 bits per heavy atom. The number of methoxy groups -OCH3 is 1. The third kappa shape index (κ3) is 8.63. The number of thiophene rings is 1. The lowest BCUT2D eigenvalue weighted by Gasteiger charge is -2.33. The number of rotatable bonds is 12. The van der Waals surface area contributed by atoms with Gasteiger partial charge in [-0.05, 0) is 75.6 Å². The van der Waals surface area contributed by atoms with E-state index in [0.717, 1.165) is 15.3 Å². The molecular weight excluding hydrogens is 488 g/mol. The minimum absolute atomic E-state index is 0.0597. The fourth-order valence-electron chi connectivity index (χ4n) is 3.74. The van der Waals surface area contributed by atoms with E-state index in [1.807, 2.05) is 61.5 Å². The zero-order chi connectivity index (χ0) is 27.5. The predicted molar refractivity (Wildman–Crippen MR) is 145 cm³/mol. The van der Waals surface area contributed by atoms with Gasteiger partial charge in [-0.15, -0.1) is 11.3 Å². The van der Waals surface area contributed by atoms with Gasteiger partial charge in [-0.3, -0.25) is 9.59 Å². The van der Waals surface area contributed by atoms with Crippen molar-refractivity contribution in [2.24, 2.45) is 10.8 Å². The Hall–Kier alpha value is -3.88. The molecule has 0 aliphatic rings. The summed E-state index contributed by atoms with van der Waals surface area (Å²) in [7, 11) is 1.35. The number of carbonyl (C=O) groups excluding carboxylic acids is 2. The molecule has 0 saturated heterocycles. The molecule has 0 aliphatic heterocycles. The topological polar surface area (TPSA) is 90.0 Å². The van der Waals surface area contributed by atoms with Crippen LogP contribution in [0.2, 0.25) is 0 Å². The summed E-state index contributed by atoms with van der Waals surface area (Å²) in [5, 5.41) is 8.88. The average molecular weight is 521 g/mol. The monoisotopic (exact) mass is 520 g/mol. The van der Waals surface area contributed by atoms with Crippen LogP contribution in [0.1, 0.15) is 55.9 Å². The summed E-state index contributed by atoms with van der Waals surface area (Å²) in [5.41, 5.74) is -0.563. The normalized spacial score (nSPS) is 13.3. The van der Waals surface area contributed by atoms with Gasteiger partial charge < -0.3 is 14.2 Å². The van der Waals surface area contributed by atoms with Crippen LogP contribution in [0.25, 0.3) is 23.1 Å². The van der Waals surface area contributed by atoms with E-state index in [2.05, 4.69) is 4.85 Å². The minimum Gasteiger partial charge on any atom is -0.490 e. The van der Waals surface area contributed by atoms with E-state index >= 15 is 0 Å². The molecule has 194 valence electrons. The molecule has 0 bridgehead atoms. The Kier molecular flexibility index (Phi) is 10.7. The third-order valence-corrected chi connectivity index (χ3v) is 6.91. The van der Waals surface area contributed by atoms with Gasteiger partial charge in [0, 0.05) is 9.75 Å². The van der Waals surface area contributed by atoms with Crippen molar-refractivity contribution in [1.29, 1.82) is 5.26 Å². The van der Waals surface area contributed by atoms with Gasteiger partial charge in [0.1, 0.15) is 19.0 Å². The van der Waals surface area contributed by atoms with Gasteiger partial charge in [-0.2, -0.15) is 0 Å². The van der Waals surface area contributed by atoms with Crippen LogP contribution < -0.4 is 4.74 Å². The summed E-state index contributed by atoms with van der Waals surface area (Å²) in [6, 6.07) is 13.2. The molecule has 37 heavy (non-hydrogen) atoms. The molecular formula is C29H32N2O5S. The number of hydrogen-bond donors (Lipinski definition) is 0. The second-order valence-electron chi connectivity index (χ2n) is 9.35. The minimum atomic E-state index is -0.846. The van der Waals surface area contributed by atoms with Gasteiger partial charge >= 0.3 is 11.9 Å². The first kappa shape index (κ1) is 29.4. The Morgan fingerprint density at radius 3 is 2.32 bits per heavy atom. The molecule has 7 nitrogen and oxygen atoms in total. The molecule has 1 heterocycles. The van der Waals surface area contributed by atoms with Gasteiger partial charge in [0.15, 0.2) is 0 Å². The first-order valence-electron chi connectivity index (χ1n) is 11.8. The zero-order valence-corrected chi connectivity index (χ0v) is 22.7. The van der Waals surface area contributed by atoms with Gasteiger partial charge in [0.05, 0.1) is 30.6 Å². The van der Waals surface area contributed by atoms with Crippen LogP contribution in [-0.4, -0.2) is 32.3 Å². The highest BCUT2D eigenvalue weighted by molar-refractivity contribution is 7.13. The number of allylic oxidation sites excluding steroid dienone is 1. The van der Waals surface area contributed by atoms with Crippen LogP contribution in [0, 0.1) is 28.7 Å². The molecule has 1 aromatic carbocycles. The Morgan fingerprint density at radius 2 is 1.73 bits per heavy atom. The molecule has 0 spiro atoms. The van der Waals surface area contributed by atoms with Crippen molar-refractivity contribution in [2.75, 3.05) is 20.3 Å². The Labute approximate surface area is 222 Å². The van der Waals surface area contributed by atoms with Crippen LogP contribution in [-0.2, 0) is 19.1 Å². The molecule has 0 radical (unpaired) electrons. The summed E-state index contributed by atoms with van der Waals surface area (Å²) in [6.07, 6.45) is 6.38. The maximum atomic E-state index is 12.6. The Balaban J connectivity index is 1.84. The van der Waals surface area contributed by atoms with Crippen molar-refractivity contribution in [3.63, 3.8) is 0 Å². The molecule has 8 heteroatoms. The number of benzene rings is 1. The number of nitriles is 1. The van der Waals surface area contributed by atoms with E-state index in [4.69, 9.17) is 26.0 Å². The van der Waals surface area contributed by atoms with E-state index in [-0.39, 0.29) is 30.8 Å². The highest BCUT2D eigenvalue weighted by Crippen LogP contribution is 2.38. The average Bonchev–Trinajstić information content (AvgIpc) is 3.35. The van der Waals surface area contributed by atoms with Crippen LogP contribution in [0.3, 0.4) is 0 Å². The zero-order valence-electron chi connectivity index (χ0n) is 21.9. The lowest BCUT2D eigenvalue weighted by Crippen LogP contribution is -2.38. The van der Waals surface area contributed by atoms with Gasteiger partial charge in [0.25, 0.3) is 5.70 Å². The third-order valence-electron chi connectivity index (χ3n) is 5.91. The van der Waals surface area contributed by atoms with Crippen LogP contribution >= 0.6 is 11.3 Å². The number of carbonyl (C=O) groups is 2. The van der Waals surface area contributed by atoms with Gasteiger partial charge in [-0.25, -0.2) is 10.1 Å². The molecule has 0 aliphatic carbocycles. The summed E-state index contributed by atoms with van der Waals surface area (Å²) in [5.74, 6) is -0.0608. The van der Waals surface area contributed by atoms with E-state index in [1.165, 1.54) is 18.4 Å². The van der Waals surface area contributed by atoms with Crippen molar-refractivity contribution < 1.29 is 23.8 Å². The van der Waals surface area contributed by atoms with E-state index < -0.39 is 10.8 Å². The molecule has 2 rings (SSSR count). The molecule has 0 fully saturated rings. The van der Waals surface area contributed by atoms with Crippen LogP contribution in [0.4, 0.5) is 0 Å². The quantitative estimate of drug-likeness (QED) is 0.135. The second kappa shape index (κ2) is 13.4. The summed E-state index contributed by atoms with van der Waals surface area (Å²) < 4.78 is 16.0. The summed E-state index contributed by atoms with van der Waals surface area (Å²) >= 11 is 1.49. The predicted octanol–water partition coefficient (Wildman–Crippen LogP) is 6.63. The van der Waals surface area contributed by atoms with Crippen molar-refractivity contribution in [3.05, 3.63) is 68.8 Å². The van der Waals surface area contributed by atoms with Crippen molar-refractivity contribution >= 4 is 41.5 Å². The lowest BCUT2D eigenvalue weighted by atomic mass is 9.72. The second-order valence-corrected chi connectivity index (χ2v) is 10.5. The van der Waals surface area contributed by atoms with E-state index in [1.54, 1.807) is 26.8 Å². The fourth-order valence-corrected chi connectivity index (χ4v) is 4.59. The van der Waals surface area contributed by atoms with E-state index in [0.29, 0.717) is 18.6 Å². The van der Waals surface area contributed by atoms with Crippen molar-refractivity contribution in [3.8, 4) is 11.8 Å². The number of ether oxygens (including phenoxy) is 3. The summed E-state index contributed by atoms with van der Waals surface area (Å²) in [4.78, 5) is 29.8.